The van der Waals surface area contributed by atoms with E-state index in [2.05, 4.69) is 54.2 Å². The van der Waals surface area contributed by atoms with E-state index in [4.69, 9.17) is 11.6 Å². The van der Waals surface area contributed by atoms with Crippen molar-refractivity contribution in [3.63, 3.8) is 0 Å². The molecule has 0 aromatic heterocycles. The van der Waals surface area contributed by atoms with E-state index in [1.165, 1.54) is 5.57 Å². The highest BCUT2D eigenvalue weighted by Crippen LogP contribution is 2.24. The van der Waals surface area contributed by atoms with Gasteiger partial charge in [0.15, 0.2) is 0 Å². The fourth-order valence-corrected chi connectivity index (χ4v) is 2.07. The first-order chi connectivity index (χ1) is 8.52. The lowest BCUT2D eigenvalue weighted by Crippen LogP contribution is -2.21. The van der Waals surface area contributed by atoms with Gasteiger partial charge in [-0.05, 0) is 52.5 Å². The van der Waals surface area contributed by atoms with E-state index in [9.17, 15) is 0 Å². The Kier molecular flexibility index (Phi) is 6.98. The second-order valence-electron chi connectivity index (χ2n) is 4.85. The number of rotatable bonds is 6. The van der Waals surface area contributed by atoms with Gasteiger partial charge in [0.2, 0.25) is 0 Å². The highest BCUT2D eigenvalue weighted by molar-refractivity contribution is 9.10. The third kappa shape index (κ3) is 5.55. The summed E-state index contributed by atoms with van der Waals surface area (Å²) in [5.74, 6) is 0.685. The standard InChI is InChI=1S/C15H21BrClN/c1-4-12(10-18-9-11(2)3)7-13-5-6-14(16)15(17)8-13/h5-8,11,18H,4,9-10H2,1-3H3/b12-7-. The van der Waals surface area contributed by atoms with Gasteiger partial charge in [0.05, 0.1) is 5.02 Å². The second kappa shape index (κ2) is 7.98. The van der Waals surface area contributed by atoms with Crippen molar-refractivity contribution in [2.45, 2.75) is 27.2 Å². The molecule has 1 N–H and O–H groups in total. The smallest absolute Gasteiger partial charge is 0.0554 e. The van der Waals surface area contributed by atoms with Gasteiger partial charge >= 0.3 is 0 Å². The monoisotopic (exact) mass is 329 g/mol. The highest BCUT2D eigenvalue weighted by Gasteiger charge is 2.00. The lowest BCUT2D eigenvalue weighted by Gasteiger charge is -2.10. The Morgan fingerprint density at radius 3 is 2.72 bits per heavy atom. The Labute approximate surface area is 124 Å². The Hall–Kier alpha value is -0.310. The number of halogens is 2. The predicted octanol–water partition coefficient (Wildman–Crippen LogP) is 5.14. The van der Waals surface area contributed by atoms with Crippen LogP contribution in [0.25, 0.3) is 6.08 Å². The number of nitrogens with one attached hydrogen (secondary N) is 1. The van der Waals surface area contributed by atoms with E-state index in [1.54, 1.807) is 0 Å². The fourth-order valence-electron chi connectivity index (χ4n) is 1.64. The second-order valence-corrected chi connectivity index (χ2v) is 6.12. The zero-order chi connectivity index (χ0) is 13.5. The molecule has 0 spiro atoms. The molecule has 0 aliphatic carbocycles. The summed E-state index contributed by atoms with van der Waals surface area (Å²) in [6.45, 7) is 8.62. The molecule has 0 aliphatic heterocycles. The van der Waals surface area contributed by atoms with Crippen molar-refractivity contribution < 1.29 is 0 Å². The molecule has 0 saturated heterocycles. The summed E-state index contributed by atoms with van der Waals surface area (Å²) in [7, 11) is 0. The van der Waals surface area contributed by atoms with Crippen LogP contribution >= 0.6 is 27.5 Å². The van der Waals surface area contributed by atoms with E-state index in [-0.39, 0.29) is 0 Å². The van der Waals surface area contributed by atoms with Crippen LogP contribution in [0.4, 0.5) is 0 Å². The molecule has 1 aromatic carbocycles. The molecule has 1 rings (SSSR count). The molecule has 18 heavy (non-hydrogen) atoms. The molecule has 0 unspecified atom stereocenters. The van der Waals surface area contributed by atoms with Gasteiger partial charge in [0.25, 0.3) is 0 Å². The summed E-state index contributed by atoms with van der Waals surface area (Å²) >= 11 is 9.50. The van der Waals surface area contributed by atoms with E-state index in [1.807, 2.05) is 12.1 Å². The molecule has 0 heterocycles. The molecule has 0 aliphatic rings. The van der Waals surface area contributed by atoms with Crippen molar-refractivity contribution >= 4 is 33.6 Å². The minimum Gasteiger partial charge on any atom is -0.313 e. The number of benzene rings is 1. The van der Waals surface area contributed by atoms with Gasteiger partial charge in [-0.25, -0.2) is 0 Å². The van der Waals surface area contributed by atoms with Gasteiger partial charge in [-0.2, -0.15) is 0 Å². The van der Waals surface area contributed by atoms with Crippen LogP contribution < -0.4 is 5.32 Å². The van der Waals surface area contributed by atoms with Crippen LogP contribution in [0.15, 0.2) is 28.2 Å². The maximum Gasteiger partial charge on any atom is 0.0554 e. The van der Waals surface area contributed by atoms with Gasteiger partial charge in [0, 0.05) is 11.0 Å². The van der Waals surface area contributed by atoms with E-state index >= 15 is 0 Å². The molecule has 0 bridgehead atoms. The van der Waals surface area contributed by atoms with Crippen LogP contribution in [-0.4, -0.2) is 13.1 Å². The van der Waals surface area contributed by atoms with Crippen molar-refractivity contribution in [3.05, 3.63) is 38.8 Å². The topological polar surface area (TPSA) is 12.0 Å². The molecular formula is C15H21BrClN. The Bertz CT molecular complexity index is 413. The van der Waals surface area contributed by atoms with Crippen LogP contribution in [0.3, 0.4) is 0 Å². The first-order valence-electron chi connectivity index (χ1n) is 6.38. The lowest BCUT2D eigenvalue weighted by molar-refractivity contribution is 0.569. The largest absolute Gasteiger partial charge is 0.313 e. The van der Waals surface area contributed by atoms with E-state index in [0.717, 1.165) is 34.6 Å². The molecule has 100 valence electrons. The van der Waals surface area contributed by atoms with Crippen molar-refractivity contribution in [3.8, 4) is 0 Å². The van der Waals surface area contributed by atoms with Gasteiger partial charge in [-0.1, -0.05) is 50.1 Å². The highest BCUT2D eigenvalue weighted by atomic mass is 79.9. The van der Waals surface area contributed by atoms with Crippen LogP contribution in [0.5, 0.6) is 0 Å². The Morgan fingerprint density at radius 2 is 2.17 bits per heavy atom. The SMILES string of the molecule is CC/C(=C/c1ccc(Br)c(Cl)c1)CNCC(C)C. The first-order valence-corrected chi connectivity index (χ1v) is 7.55. The van der Waals surface area contributed by atoms with Crippen molar-refractivity contribution in [2.75, 3.05) is 13.1 Å². The summed E-state index contributed by atoms with van der Waals surface area (Å²) in [4.78, 5) is 0. The van der Waals surface area contributed by atoms with Crippen molar-refractivity contribution in [2.24, 2.45) is 5.92 Å². The summed E-state index contributed by atoms with van der Waals surface area (Å²) in [6, 6.07) is 6.06. The van der Waals surface area contributed by atoms with Gasteiger partial charge < -0.3 is 5.32 Å². The summed E-state index contributed by atoms with van der Waals surface area (Å²) in [6.07, 6.45) is 3.27. The average Bonchev–Trinajstić information content (AvgIpc) is 2.32. The normalized spacial score (nSPS) is 12.2. The van der Waals surface area contributed by atoms with Crippen LogP contribution in [0, 0.1) is 5.92 Å². The minimum absolute atomic E-state index is 0.685. The molecule has 0 atom stereocenters. The summed E-state index contributed by atoms with van der Waals surface area (Å²) in [5, 5.41) is 4.23. The summed E-state index contributed by atoms with van der Waals surface area (Å²) in [5.41, 5.74) is 2.56. The number of hydrogen-bond donors (Lipinski definition) is 1. The van der Waals surface area contributed by atoms with Crippen LogP contribution in [0.2, 0.25) is 5.02 Å². The van der Waals surface area contributed by atoms with Gasteiger partial charge in [-0.3, -0.25) is 0 Å². The zero-order valence-corrected chi connectivity index (χ0v) is 13.6. The fraction of sp³-hybridized carbons (Fsp3) is 0.467. The third-order valence-corrected chi connectivity index (χ3v) is 3.91. The summed E-state index contributed by atoms with van der Waals surface area (Å²) < 4.78 is 0.942. The van der Waals surface area contributed by atoms with Crippen LogP contribution in [0.1, 0.15) is 32.8 Å². The Balaban J connectivity index is 2.68. The average molecular weight is 331 g/mol. The van der Waals surface area contributed by atoms with Gasteiger partial charge in [-0.15, -0.1) is 0 Å². The maximum absolute atomic E-state index is 6.09. The number of hydrogen-bond acceptors (Lipinski definition) is 1. The molecule has 0 radical (unpaired) electrons. The van der Waals surface area contributed by atoms with Crippen molar-refractivity contribution in [1.82, 2.24) is 5.32 Å². The molecule has 3 heteroatoms. The first kappa shape index (κ1) is 15.7. The molecule has 1 aromatic rings. The van der Waals surface area contributed by atoms with E-state index in [0.29, 0.717) is 5.92 Å². The zero-order valence-electron chi connectivity index (χ0n) is 11.3. The van der Waals surface area contributed by atoms with Gasteiger partial charge in [0.1, 0.15) is 0 Å². The minimum atomic E-state index is 0.685. The third-order valence-electron chi connectivity index (χ3n) is 2.67. The predicted molar refractivity (Wildman–Crippen MR) is 85.1 cm³/mol. The molecule has 1 nitrogen and oxygen atoms in total. The molecule has 0 fully saturated rings. The van der Waals surface area contributed by atoms with Crippen LogP contribution in [-0.2, 0) is 0 Å². The molecule has 0 amide bonds. The van der Waals surface area contributed by atoms with E-state index < -0.39 is 0 Å². The quantitative estimate of drug-likeness (QED) is 0.761. The van der Waals surface area contributed by atoms with Crippen molar-refractivity contribution in [1.29, 1.82) is 0 Å². The lowest BCUT2D eigenvalue weighted by atomic mass is 10.1. The molecule has 0 saturated carbocycles. The Morgan fingerprint density at radius 1 is 1.44 bits per heavy atom. The maximum atomic E-state index is 6.09. The molecular weight excluding hydrogens is 310 g/mol.